The number of anilines is 1. The average molecular weight is 267 g/mol. The maximum Gasteiger partial charge on any atom is 0.123 e. The van der Waals surface area contributed by atoms with Crippen molar-refractivity contribution >= 4 is 5.69 Å². The van der Waals surface area contributed by atoms with Crippen molar-refractivity contribution in [3.8, 4) is 0 Å². The lowest BCUT2D eigenvalue weighted by Gasteiger charge is -2.33. The summed E-state index contributed by atoms with van der Waals surface area (Å²) in [6, 6.07) is 5.10. The standard InChI is InChI=1S/C16H26FNO/c1-5-7-10-18(12(3)6-2)16-9-8-14(17)11-15(16)13(4)19/h8-9,11-13,19H,5-7,10H2,1-4H3/t12?,13-/m1/s1. The van der Waals surface area contributed by atoms with E-state index < -0.39 is 6.10 Å². The summed E-state index contributed by atoms with van der Waals surface area (Å²) < 4.78 is 13.4. The summed E-state index contributed by atoms with van der Waals surface area (Å²) in [5.41, 5.74) is 1.63. The van der Waals surface area contributed by atoms with Gasteiger partial charge in [0, 0.05) is 23.8 Å². The van der Waals surface area contributed by atoms with Gasteiger partial charge in [0.2, 0.25) is 0 Å². The smallest absolute Gasteiger partial charge is 0.123 e. The molecule has 0 fully saturated rings. The van der Waals surface area contributed by atoms with Crippen molar-refractivity contribution < 1.29 is 9.50 Å². The van der Waals surface area contributed by atoms with Crippen molar-refractivity contribution in [1.29, 1.82) is 0 Å². The molecule has 1 aromatic carbocycles. The Kier molecular flexibility index (Phi) is 6.29. The molecule has 3 heteroatoms. The quantitative estimate of drug-likeness (QED) is 0.797. The zero-order valence-corrected chi connectivity index (χ0v) is 12.5. The first-order valence-corrected chi connectivity index (χ1v) is 7.25. The Labute approximate surface area is 116 Å². The van der Waals surface area contributed by atoms with Gasteiger partial charge in [0.25, 0.3) is 0 Å². The highest BCUT2D eigenvalue weighted by Crippen LogP contribution is 2.29. The van der Waals surface area contributed by atoms with Gasteiger partial charge in [-0.25, -0.2) is 4.39 Å². The summed E-state index contributed by atoms with van der Waals surface area (Å²) in [5.74, 6) is -0.292. The molecule has 1 N–H and O–H groups in total. The predicted octanol–water partition coefficient (Wildman–Crippen LogP) is 4.28. The summed E-state index contributed by atoms with van der Waals surface area (Å²) in [5, 5.41) is 9.86. The lowest BCUT2D eigenvalue weighted by Crippen LogP contribution is -2.34. The fourth-order valence-corrected chi connectivity index (χ4v) is 2.25. The first kappa shape index (κ1) is 16.0. The Morgan fingerprint density at radius 1 is 1.26 bits per heavy atom. The second-order valence-corrected chi connectivity index (χ2v) is 5.18. The molecule has 19 heavy (non-hydrogen) atoms. The number of nitrogens with zero attached hydrogens (tertiary/aromatic N) is 1. The number of halogens is 1. The molecule has 0 saturated carbocycles. The van der Waals surface area contributed by atoms with Crippen LogP contribution in [0.15, 0.2) is 18.2 Å². The van der Waals surface area contributed by atoms with Gasteiger partial charge in [0.15, 0.2) is 0 Å². The largest absolute Gasteiger partial charge is 0.389 e. The van der Waals surface area contributed by atoms with E-state index in [1.165, 1.54) is 12.1 Å². The molecule has 1 aromatic rings. The molecule has 0 saturated heterocycles. The number of aliphatic hydroxyl groups is 1. The van der Waals surface area contributed by atoms with E-state index in [4.69, 9.17) is 0 Å². The maximum absolute atomic E-state index is 13.4. The maximum atomic E-state index is 13.4. The molecule has 0 amide bonds. The van der Waals surface area contributed by atoms with Gasteiger partial charge in [-0.1, -0.05) is 20.3 Å². The van der Waals surface area contributed by atoms with E-state index in [1.54, 1.807) is 13.0 Å². The van der Waals surface area contributed by atoms with Crippen molar-refractivity contribution in [2.45, 2.75) is 59.1 Å². The molecule has 2 nitrogen and oxygen atoms in total. The number of rotatable bonds is 7. The van der Waals surface area contributed by atoms with Gasteiger partial charge in [-0.3, -0.25) is 0 Å². The molecular weight excluding hydrogens is 241 g/mol. The Bertz CT molecular complexity index is 392. The van der Waals surface area contributed by atoms with Gasteiger partial charge in [0.05, 0.1) is 6.10 Å². The first-order valence-electron chi connectivity index (χ1n) is 7.25. The van der Waals surface area contributed by atoms with Gasteiger partial charge in [-0.05, 0) is 44.9 Å². The molecule has 0 aliphatic rings. The van der Waals surface area contributed by atoms with E-state index in [-0.39, 0.29) is 5.82 Å². The molecule has 0 spiro atoms. The molecule has 0 bridgehead atoms. The van der Waals surface area contributed by atoms with Crippen molar-refractivity contribution in [2.75, 3.05) is 11.4 Å². The molecule has 0 aliphatic carbocycles. The van der Waals surface area contributed by atoms with Crippen LogP contribution in [0.5, 0.6) is 0 Å². The molecule has 0 aromatic heterocycles. The number of unbranched alkanes of at least 4 members (excludes halogenated alkanes) is 1. The number of aliphatic hydroxyl groups excluding tert-OH is 1. The minimum absolute atomic E-state index is 0.292. The van der Waals surface area contributed by atoms with E-state index in [1.807, 2.05) is 0 Å². The fourth-order valence-electron chi connectivity index (χ4n) is 2.25. The van der Waals surface area contributed by atoms with Crippen LogP contribution in [0.4, 0.5) is 10.1 Å². The van der Waals surface area contributed by atoms with Crippen LogP contribution in [-0.4, -0.2) is 17.7 Å². The van der Waals surface area contributed by atoms with Gasteiger partial charge >= 0.3 is 0 Å². The van der Waals surface area contributed by atoms with Gasteiger partial charge < -0.3 is 10.0 Å². The van der Waals surface area contributed by atoms with Crippen molar-refractivity contribution in [3.63, 3.8) is 0 Å². The fraction of sp³-hybridized carbons (Fsp3) is 0.625. The summed E-state index contributed by atoms with van der Waals surface area (Å²) in [6.45, 7) is 9.11. The monoisotopic (exact) mass is 267 g/mol. The van der Waals surface area contributed by atoms with E-state index in [0.717, 1.165) is 31.5 Å². The first-order chi connectivity index (χ1) is 9.01. The molecule has 0 aliphatic heterocycles. The molecule has 0 radical (unpaired) electrons. The summed E-state index contributed by atoms with van der Waals surface area (Å²) in [4.78, 5) is 2.28. The normalized spacial score (nSPS) is 14.2. The van der Waals surface area contributed by atoms with E-state index in [0.29, 0.717) is 11.6 Å². The van der Waals surface area contributed by atoms with E-state index in [2.05, 4.69) is 25.7 Å². The van der Waals surface area contributed by atoms with Crippen LogP contribution in [0.25, 0.3) is 0 Å². The Morgan fingerprint density at radius 2 is 1.95 bits per heavy atom. The molecular formula is C16H26FNO. The van der Waals surface area contributed by atoms with Gasteiger partial charge in [0.1, 0.15) is 5.82 Å². The van der Waals surface area contributed by atoms with Crippen molar-refractivity contribution in [2.24, 2.45) is 0 Å². The topological polar surface area (TPSA) is 23.5 Å². The van der Waals surface area contributed by atoms with Crippen LogP contribution in [0, 0.1) is 5.82 Å². The Balaban J connectivity index is 3.13. The summed E-state index contributed by atoms with van der Waals surface area (Å²) in [6.07, 6.45) is 2.60. The lowest BCUT2D eigenvalue weighted by atomic mass is 10.0. The van der Waals surface area contributed by atoms with Crippen LogP contribution in [0.1, 0.15) is 58.6 Å². The van der Waals surface area contributed by atoms with Gasteiger partial charge in [-0.2, -0.15) is 0 Å². The molecule has 1 unspecified atom stereocenters. The minimum Gasteiger partial charge on any atom is -0.389 e. The molecule has 1 rings (SSSR count). The van der Waals surface area contributed by atoms with Crippen LogP contribution in [0.3, 0.4) is 0 Å². The SMILES string of the molecule is CCCCN(c1ccc(F)cc1[C@@H](C)O)C(C)CC. The minimum atomic E-state index is -0.654. The van der Waals surface area contributed by atoms with Crippen molar-refractivity contribution in [3.05, 3.63) is 29.6 Å². The van der Waals surface area contributed by atoms with E-state index >= 15 is 0 Å². The van der Waals surface area contributed by atoms with Crippen molar-refractivity contribution in [1.82, 2.24) is 0 Å². The molecule has 2 atom stereocenters. The van der Waals surface area contributed by atoms with Crippen LogP contribution in [0.2, 0.25) is 0 Å². The zero-order chi connectivity index (χ0) is 14.4. The number of hydrogen-bond donors (Lipinski definition) is 1. The second-order valence-electron chi connectivity index (χ2n) is 5.18. The van der Waals surface area contributed by atoms with Crippen LogP contribution >= 0.6 is 0 Å². The third-order valence-corrected chi connectivity index (χ3v) is 3.62. The average Bonchev–Trinajstić information content (AvgIpc) is 2.39. The Hall–Kier alpha value is -1.09. The van der Waals surface area contributed by atoms with Crippen LogP contribution in [-0.2, 0) is 0 Å². The van der Waals surface area contributed by atoms with Crippen LogP contribution < -0.4 is 4.90 Å². The highest BCUT2D eigenvalue weighted by atomic mass is 19.1. The molecule has 108 valence electrons. The third kappa shape index (κ3) is 4.20. The lowest BCUT2D eigenvalue weighted by molar-refractivity contribution is 0.199. The molecule has 0 heterocycles. The second kappa shape index (κ2) is 7.49. The summed E-state index contributed by atoms with van der Waals surface area (Å²) in [7, 11) is 0. The Morgan fingerprint density at radius 3 is 2.47 bits per heavy atom. The summed E-state index contributed by atoms with van der Waals surface area (Å²) >= 11 is 0. The third-order valence-electron chi connectivity index (χ3n) is 3.62. The number of hydrogen-bond acceptors (Lipinski definition) is 2. The van der Waals surface area contributed by atoms with Gasteiger partial charge in [-0.15, -0.1) is 0 Å². The predicted molar refractivity (Wildman–Crippen MR) is 79.0 cm³/mol. The van der Waals surface area contributed by atoms with E-state index in [9.17, 15) is 9.50 Å². The highest BCUT2D eigenvalue weighted by molar-refractivity contribution is 5.55. The zero-order valence-electron chi connectivity index (χ0n) is 12.5. The highest BCUT2D eigenvalue weighted by Gasteiger charge is 2.18. The number of benzene rings is 1.